The Morgan fingerprint density at radius 3 is 2.72 bits per heavy atom. The summed E-state index contributed by atoms with van der Waals surface area (Å²) in [5.41, 5.74) is 8.80. The molecule has 0 aliphatic rings. The van der Waals surface area contributed by atoms with Crippen molar-refractivity contribution in [1.82, 2.24) is 4.98 Å². The number of hydrogen-bond acceptors (Lipinski definition) is 2. The van der Waals surface area contributed by atoms with Gasteiger partial charge in [0.05, 0.1) is 12.2 Å². The van der Waals surface area contributed by atoms with Crippen molar-refractivity contribution in [3.05, 3.63) is 59.9 Å². The van der Waals surface area contributed by atoms with E-state index in [0.29, 0.717) is 12.5 Å². The third-order valence-corrected chi connectivity index (χ3v) is 2.56. The molecule has 0 radical (unpaired) electrons. The van der Waals surface area contributed by atoms with Gasteiger partial charge < -0.3 is 11.1 Å². The second kappa shape index (κ2) is 5.82. The van der Waals surface area contributed by atoms with Crippen molar-refractivity contribution >= 4 is 11.6 Å². The number of nitrogens with zero attached hydrogens (tertiary/aromatic N) is 2. The summed E-state index contributed by atoms with van der Waals surface area (Å²) >= 11 is 0. The fourth-order valence-corrected chi connectivity index (χ4v) is 1.55. The van der Waals surface area contributed by atoms with E-state index in [9.17, 15) is 0 Å². The van der Waals surface area contributed by atoms with E-state index in [-0.39, 0.29) is 0 Å². The lowest BCUT2D eigenvalue weighted by Gasteiger charge is -2.05. The molecular formula is C14H16N4. The van der Waals surface area contributed by atoms with Crippen LogP contribution in [0.5, 0.6) is 0 Å². The number of hydrogen-bond donors (Lipinski definition) is 2. The number of pyridine rings is 1. The van der Waals surface area contributed by atoms with E-state index in [1.54, 1.807) is 6.20 Å². The van der Waals surface area contributed by atoms with Crippen LogP contribution < -0.4 is 11.1 Å². The summed E-state index contributed by atoms with van der Waals surface area (Å²) in [5, 5.41) is 3.03. The number of rotatable bonds is 3. The summed E-state index contributed by atoms with van der Waals surface area (Å²) < 4.78 is 0. The molecule has 0 bridgehead atoms. The molecule has 0 saturated carbocycles. The quantitative estimate of drug-likeness (QED) is 0.639. The van der Waals surface area contributed by atoms with Gasteiger partial charge in [-0.25, -0.2) is 4.99 Å². The monoisotopic (exact) mass is 240 g/mol. The fraction of sp³-hybridized carbons (Fsp3) is 0.143. The smallest absolute Gasteiger partial charge is 0.193 e. The number of guanidine groups is 1. The van der Waals surface area contributed by atoms with E-state index in [4.69, 9.17) is 5.73 Å². The van der Waals surface area contributed by atoms with Crippen LogP contribution in [0.2, 0.25) is 0 Å². The Hall–Kier alpha value is -2.36. The summed E-state index contributed by atoms with van der Waals surface area (Å²) in [7, 11) is 0. The van der Waals surface area contributed by atoms with Gasteiger partial charge in [-0.2, -0.15) is 0 Å². The lowest BCUT2D eigenvalue weighted by atomic mass is 10.2. The van der Waals surface area contributed by atoms with Crippen LogP contribution in [0.25, 0.3) is 0 Å². The number of aromatic nitrogens is 1. The molecule has 4 nitrogen and oxygen atoms in total. The molecule has 0 amide bonds. The van der Waals surface area contributed by atoms with Gasteiger partial charge >= 0.3 is 0 Å². The highest BCUT2D eigenvalue weighted by molar-refractivity contribution is 5.92. The zero-order valence-electron chi connectivity index (χ0n) is 10.3. The molecule has 1 aromatic carbocycles. The molecule has 18 heavy (non-hydrogen) atoms. The van der Waals surface area contributed by atoms with Crippen LogP contribution in [-0.2, 0) is 6.54 Å². The zero-order valence-corrected chi connectivity index (χ0v) is 10.3. The van der Waals surface area contributed by atoms with Crippen molar-refractivity contribution < 1.29 is 0 Å². The number of nitrogens with two attached hydrogens (primary N) is 1. The zero-order chi connectivity index (χ0) is 12.8. The maximum atomic E-state index is 5.81. The molecule has 0 fully saturated rings. The number of aliphatic imine (C=N–C) groups is 1. The summed E-state index contributed by atoms with van der Waals surface area (Å²) in [6.07, 6.45) is 1.76. The Balaban J connectivity index is 2.00. The first-order valence-corrected chi connectivity index (χ1v) is 5.78. The fourth-order valence-electron chi connectivity index (χ4n) is 1.55. The molecule has 0 atom stereocenters. The second-order valence-electron chi connectivity index (χ2n) is 3.96. The van der Waals surface area contributed by atoms with Crippen LogP contribution in [0.1, 0.15) is 11.3 Å². The molecule has 1 heterocycles. The minimum atomic E-state index is 0.395. The van der Waals surface area contributed by atoms with Crippen LogP contribution >= 0.6 is 0 Å². The second-order valence-corrected chi connectivity index (χ2v) is 3.96. The van der Waals surface area contributed by atoms with Crippen molar-refractivity contribution in [1.29, 1.82) is 0 Å². The number of benzene rings is 1. The SMILES string of the molecule is Cc1cccnc1CN=C(N)Nc1ccccc1. The minimum Gasteiger partial charge on any atom is -0.370 e. The van der Waals surface area contributed by atoms with Gasteiger partial charge in [-0.05, 0) is 30.7 Å². The summed E-state index contributed by atoms with van der Waals surface area (Å²) in [6.45, 7) is 2.50. The molecule has 92 valence electrons. The molecular weight excluding hydrogens is 224 g/mol. The molecule has 3 N–H and O–H groups in total. The van der Waals surface area contributed by atoms with Crippen molar-refractivity contribution in [2.45, 2.75) is 13.5 Å². The predicted molar refractivity (Wildman–Crippen MR) is 74.4 cm³/mol. The van der Waals surface area contributed by atoms with Gasteiger partial charge in [-0.3, -0.25) is 4.98 Å². The number of aryl methyl sites for hydroxylation is 1. The van der Waals surface area contributed by atoms with E-state index in [2.05, 4.69) is 15.3 Å². The van der Waals surface area contributed by atoms with Gasteiger partial charge in [0.25, 0.3) is 0 Å². The maximum Gasteiger partial charge on any atom is 0.193 e. The molecule has 2 rings (SSSR count). The van der Waals surface area contributed by atoms with Crippen molar-refractivity contribution in [2.75, 3.05) is 5.32 Å². The van der Waals surface area contributed by atoms with Crippen LogP contribution in [0, 0.1) is 6.92 Å². The van der Waals surface area contributed by atoms with Gasteiger partial charge in [-0.15, -0.1) is 0 Å². The first kappa shape index (κ1) is 12.1. The lowest BCUT2D eigenvalue weighted by molar-refractivity contribution is 0.964. The van der Waals surface area contributed by atoms with Gasteiger partial charge in [0.15, 0.2) is 5.96 Å². The molecule has 0 unspecified atom stereocenters. The highest BCUT2D eigenvalue weighted by Crippen LogP contribution is 2.06. The Kier molecular flexibility index (Phi) is 3.91. The summed E-state index contributed by atoms with van der Waals surface area (Å²) in [4.78, 5) is 8.54. The Morgan fingerprint density at radius 1 is 1.22 bits per heavy atom. The van der Waals surface area contributed by atoms with Gasteiger partial charge in [0, 0.05) is 11.9 Å². The number of para-hydroxylation sites is 1. The summed E-state index contributed by atoms with van der Waals surface area (Å²) in [5.74, 6) is 0.395. The number of anilines is 1. The molecule has 0 saturated heterocycles. The maximum absolute atomic E-state index is 5.81. The first-order chi connectivity index (χ1) is 8.75. The topological polar surface area (TPSA) is 63.3 Å². The van der Waals surface area contributed by atoms with Crippen molar-refractivity contribution in [2.24, 2.45) is 10.7 Å². The highest BCUT2D eigenvalue weighted by Gasteiger charge is 1.98. The van der Waals surface area contributed by atoms with E-state index in [1.807, 2.05) is 49.4 Å². The minimum absolute atomic E-state index is 0.395. The predicted octanol–water partition coefficient (Wildman–Crippen LogP) is 2.32. The van der Waals surface area contributed by atoms with E-state index >= 15 is 0 Å². The van der Waals surface area contributed by atoms with Gasteiger partial charge in [0.1, 0.15) is 0 Å². The van der Waals surface area contributed by atoms with Crippen LogP contribution in [0.3, 0.4) is 0 Å². The van der Waals surface area contributed by atoms with E-state index in [0.717, 1.165) is 16.9 Å². The third kappa shape index (κ3) is 3.31. The third-order valence-electron chi connectivity index (χ3n) is 2.56. The normalized spacial score (nSPS) is 11.3. The van der Waals surface area contributed by atoms with E-state index < -0.39 is 0 Å². The Labute approximate surface area is 107 Å². The Morgan fingerprint density at radius 2 is 2.00 bits per heavy atom. The van der Waals surface area contributed by atoms with Crippen LogP contribution in [-0.4, -0.2) is 10.9 Å². The molecule has 4 heteroatoms. The molecule has 0 aliphatic heterocycles. The van der Waals surface area contributed by atoms with Crippen LogP contribution in [0.15, 0.2) is 53.7 Å². The van der Waals surface area contributed by atoms with Crippen molar-refractivity contribution in [3.63, 3.8) is 0 Å². The standard InChI is InChI=1S/C14H16N4/c1-11-6-5-9-16-13(11)10-17-14(15)18-12-7-3-2-4-8-12/h2-9H,10H2,1H3,(H3,15,17,18). The van der Waals surface area contributed by atoms with Gasteiger partial charge in [0.2, 0.25) is 0 Å². The van der Waals surface area contributed by atoms with Crippen LogP contribution in [0.4, 0.5) is 5.69 Å². The van der Waals surface area contributed by atoms with E-state index in [1.165, 1.54) is 0 Å². The molecule has 0 spiro atoms. The largest absolute Gasteiger partial charge is 0.370 e. The average molecular weight is 240 g/mol. The highest BCUT2D eigenvalue weighted by atomic mass is 15.1. The first-order valence-electron chi connectivity index (χ1n) is 5.78. The molecule has 1 aromatic heterocycles. The summed E-state index contributed by atoms with van der Waals surface area (Å²) in [6, 6.07) is 13.6. The number of nitrogens with one attached hydrogen (secondary N) is 1. The average Bonchev–Trinajstić information content (AvgIpc) is 2.39. The molecule has 0 aliphatic carbocycles. The lowest BCUT2D eigenvalue weighted by Crippen LogP contribution is -2.22. The Bertz CT molecular complexity index is 535. The molecule has 2 aromatic rings. The van der Waals surface area contributed by atoms with Crippen molar-refractivity contribution in [3.8, 4) is 0 Å². The van der Waals surface area contributed by atoms with Gasteiger partial charge in [-0.1, -0.05) is 24.3 Å².